The molecule has 1 amide bonds. The maximum absolute atomic E-state index is 12.6. The molecule has 1 unspecified atom stereocenters. The second-order valence-corrected chi connectivity index (χ2v) is 9.27. The highest BCUT2D eigenvalue weighted by molar-refractivity contribution is 6.21. The van der Waals surface area contributed by atoms with E-state index in [1.54, 1.807) is 6.33 Å². The molecule has 1 aromatic carbocycles. The molecule has 1 saturated carbocycles. The first-order valence-corrected chi connectivity index (χ1v) is 11.5. The van der Waals surface area contributed by atoms with Gasteiger partial charge in [0.2, 0.25) is 0 Å². The van der Waals surface area contributed by atoms with E-state index in [0.717, 1.165) is 73.0 Å². The highest BCUT2D eigenvalue weighted by atomic mass is 16.5. The summed E-state index contributed by atoms with van der Waals surface area (Å²) in [5.41, 5.74) is 3.72. The number of hydrogen-bond acceptors (Lipinski definition) is 7. The maximum Gasteiger partial charge on any atom is 0.251 e. The zero-order valence-electron chi connectivity index (χ0n) is 18.3. The van der Waals surface area contributed by atoms with Crippen LogP contribution in [0.4, 0.5) is 11.5 Å². The zero-order chi connectivity index (χ0) is 21.7. The standard InChI is InChI=1S/C24H27N5O3/c1-24(6-7-24)32-16-4-5-18-17(13-16)22(27-18)19-14-21(26-15-25-19)28-8-10-29(11-9-28)23(30)20-3-2-12-31-20/h4-5,13-15,20H,2-3,6-12H2,1H3. The maximum atomic E-state index is 12.6. The minimum atomic E-state index is -0.250. The van der Waals surface area contributed by atoms with Gasteiger partial charge in [-0.1, -0.05) is 0 Å². The Morgan fingerprint density at radius 1 is 1.16 bits per heavy atom. The number of nitrogens with zero attached hydrogens (tertiary/aromatic N) is 5. The molecule has 0 N–H and O–H groups in total. The number of benzene rings is 1. The number of carbonyl (C=O) groups is 1. The molecule has 1 aromatic heterocycles. The van der Waals surface area contributed by atoms with Crippen LogP contribution in [0.2, 0.25) is 0 Å². The third-order valence-electron chi connectivity index (χ3n) is 6.79. The molecule has 6 rings (SSSR count). The van der Waals surface area contributed by atoms with Crippen molar-refractivity contribution in [2.24, 2.45) is 4.99 Å². The summed E-state index contributed by atoms with van der Waals surface area (Å²) in [6, 6.07) is 8.06. The van der Waals surface area contributed by atoms with Crippen molar-refractivity contribution >= 4 is 23.1 Å². The van der Waals surface area contributed by atoms with E-state index >= 15 is 0 Å². The SMILES string of the molecule is CC1(Oc2ccc3c(c2)C(c2cc(N4CCN(C(=O)C5CCCO5)CC4)ncn2)=N3)CC1. The molecule has 1 atom stereocenters. The molecule has 3 aliphatic heterocycles. The van der Waals surface area contributed by atoms with Gasteiger partial charge in [-0.2, -0.15) is 0 Å². The summed E-state index contributed by atoms with van der Waals surface area (Å²) in [7, 11) is 0. The van der Waals surface area contributed by atoms with Gasteiger partial charge in [-0.25, -0.2) is 15.0 Å². The van der Waals surface area contributed by atoms with E-state index in [9.17, 15) is 4.79 Å². The molecular weight excluding hydrogens is 406 g/mol. The minimum Gasteiger partial charge on any atom is -0.488 e. The number of hydrogen-bond donors (Lipinski definition) is 0. The lowest BCUT2D eigenvalue weighted by molar-refractivity contribution is -0.141. The van der Waals surface area contributed by atoms with Crippen molar-refractivity contribution in [1.29, 1.82) is 0 Å². The summed E-state index contributed by atoms with van der Waals surface area (Å²) in [4.78, 5) is 30.3. The Labute approximate surface area is 187 Å². The molecule has 2 saturated heterocycles. The molecule has 1 aliphatic carbocycles. The quantitative estimate of drug-likeness (QED) is 0.616. The fraction of sp³-hybridized carbons (Fsp3) is 0.500. The Hall–Kier alpha value is -3.00. The molecule has 4 aliphatic rings. The van der Waals surface area contributed by atoms with Crippen LogP contribution in [-0.4, -0.2) is 71.0 Å². The predicted molar refractivity (Wildman–Crippen MR) is 120 cm³/mol. The van der Waals surface area contributed by atoms with Gasteiger partial charge in [-0.15, -0.1) is 0 Å². The van der Waals surface area contributed by atoms with E-state index < -0.39 is 0 Å². The summed E-state index contributed by atoms with van der Waals surface area (Å²) < 4.78 is 11.7. The third kappa shape index (κ3) is 3.62. The minimum absolute atomic E-state index is 0.00913. The molecular formula is C24H27N5O3. The van der Waals surface area contributed by atoms with E-state index in [0.29, 0.717) is 19.7 Å². The number of aliphatic imine (C=N–C) groups is 1. The van der Waals surface area contributed by atoms with Crippen LogP contribution in [0.25, 0.3) is 0 Å². The van der Waals surface area contributed by atoms with Crippen molar-refractivity contribution < 1.29 is 14.3 Å². The number of anilines is 1. The second kappa shape index (κ2) is 7.55. The fourth-order valence-corrected chi connectivity index (χ4v) is 4.53. The third-order valence-corrected chi connectivity index (χ3v) is 6.79. The van der Waals surface area contributed by atoms with Crippen molar-refractivity contribution in [1.82, 2.24) is 14.9 Å². The Balaban J connectivity index is 1.13. The summed E-state index contributed by atoms with van der Waals surface area (Å²) in [6.45, 7) is 5.69. The van der Waals surface area contributed by atoms with Crippen LogP contribution in [0.1, 0.15) is 43.9 Å². The first kappa shape index (κ1) is 19.7. The predicted octanol–water partition coefficient (Wildman–Crippen LogP) is 2.72. The molecule has 8 nitrogen and oxygen atoms in total. The molecule has 2 aromatic rings. The van der Waals surface area contributed by atoms with Crippen LogP contribution in [0.5, 0.6) is 5.75 Å². The molecule has 0 bridgehead atoms. The second-order valence-electron chi connectivity index (χ2n) is 9.27. The van der Waals surface area contributed by atoms with Gasteiger partial charge in [0, 0.05) is 44.4 Å². The number of amides is 1. The number of carbonyl (C=O) groups excluding carboxylic acids is 1. The van der Waals surface area contributed by atoms with Gasteiger partial charge in [0.1, 0.15) is 29.6 Å². The van der Waals surface area contributed by atoms with Gasteiger partial charge in [0.15, 0.2) is 0 Å². The fourth-order valence-electron chi connectivity index (χ4n) is 4.53. The van der Waals surface area contributed by atoms with Gasteiger partial charge in [0.25, 0.3) is 5.91 Å². The Bertz CT molecular complexity index is 1080. The lowest BCUT2D eigenvalue weighted by atomic mass is 9.98. The molecule has 4 heterocycles. The number of piperazine rings is 1. The van der Waals surface area contributed by atoms with Crippen LogP contribution in [0.3, 0.4) is 0 Å². The van der Waals surface area contributed by atoms with Crippen molar-refractivity contribution in [3.8, 4) is 5.75 Å². The molecule has 166 valence electrons. The summed E-state index contributed by atoms with van der Waals surface area (Å²) in [5, 5.41) is 0. The van der Waals surface area contributed by atoms with E-state index in [1.807, 2.05) is 23.1 Å². The Morgan fingerprint density at radius 3 is 2.75 bits per heavy atom. The summed E-state index contributed by atoms with van der Waals surface area (Å²) >= 11 is 0. The summed E-state index contributed by atoms with van der Waals surface area (Å²) in [5.74, 6) is 1.88. The van der Waals surface area contributed by atoms with E-state index in [-0.39, 0.29) is 17.6 Å². The van der Waals surface area contributed by atoms with Crippen molar-refractivity contribution in [3.63, 3.8) is 0 Å². The van der Waals surface area contributed by atoms with Crippen LogP contribution >= 0.6 is 0 Å². The van der Waals surface area contributed by atoms with Gasteiger partial charge in [0.05, 0.1) is 17.1 Å². The lowest BCUT2D eigenvalue weighted by Crippen LogP contribution is -2.51. The van der Waals surface area contributed by atoms with Gasteiger partial charge < -0.3 is 19.3 Å². The number of ether oxygens (including phenoxy) is 2. The van der Waals surface area contributed by atoms with Crippen LogP contribution in [-0.2, 0) is 9.53 Å². The van der Waals surface area contributed by atoms with Gasteiger partial charge in [-0.05, 0) is 50.8 Å². The van der Waals surface area contributed by atoms with Crippen LogP contribution < -0.4 is 9.64 Å². The monoisotopic (exact) mass is 433 g/mol. The molecule has 0 spiro atoms. The van der Waals surface area contributed by atoms with Gasteiger partial charge in [-0.3, -0.25) is 4.79 Å². The average molecular weight is 434 g/mol. The van der Waals surface area contributed by atoms with Gasteiger partial charge >= 0.3 is 0 Å². The number of aromatic nitrogens is 2. The van der Waals surface area contributed by atoms with E-state index in [4.69, 9.17) is 9.47 Å². The van der Waals surface area contributed by atoms with Crippen molar-refractivity contribution in [2.75, 3.05) is 37.7 Å². The number of fused-ring (bicyclic) bond motifs is 1. The molecule has 0 radical (unpaired) electrons. The Kier molecular flexibility index (Phi) is 4.64. The van der Waals surface area contributed by atoms with Crippen LogP contribution in [0.15, 0.2) is 35.6 Å². The average Bonchev–Trinajstić information content (AvgIpc) is 3.28. The summed E-state index contributed by atoms with van der Waals surface area (Å²) in [6.07, 6.45) is 5.37. The Morgan fingerprint density at radius 2 is 2.00 bits per heavy atom. The highest BCUT2D eigenvalue weighted by Crippen LogP contribution is 2.42. The largest absolute Gasteiger partial charge is 0.488 e. The molecule has 8 heteroatoms. The first-order valence-electron chi connectivity index (χ1n) is 11.5. The van der Waals surface area contributed by atoms with E-state index in [1.165, 1.54) is 0 Å². The normalized spacial score (nSPS) is 23.3. The zero-order valence-corrected chi connectivity index (χ0v) is 18.3. The van der Waals surface area contributed by atoms with E-state index in [2.05, 4.69) is 32.9 Å². The smallest absolute Gasteiger partial charge is 0.251 e. The molecule has 3 fully saturated rings. The first-order chi connectivity index (χ1) is 15.6. The number of rotatable bonds is 5. The van der Waals surface area contributed by atoms with Crippen LogP contribution in [0, 0.1) is 0 Å². The van der Waals surface area contributed by atoms with Crippen molar-refractivity contribution in [2.45, 2.75) is 44.3 Å². The topological polar surface area (TPSA) is 80.2 Å². The highest BCUT2D eigenvalue weighted by Gasteiger charge is 2.40. The lowest BCUT2D eigenvalue weighted by Gasteiger charge is -2.36. The van der Waals surface area contributed by atoms with Crippen molar-refractivity contribution in [3.05, 3.63) is 41.9 Å². The molecule has 32 heavy (non-hydrogen) atoms.